The van der Waals surface area contributed by atoms with Gasteiger partial charge >= 0.3 is 6.03 Å². The number of carbonyl (C=O) groups excluding carboxylic acids is 2. The molecule has 0 fully saturated rings. The van der Waals surface area contributed by atoms with E-state index in [9.17, 15) is 9.59 Å². The van der Waals surface area contributed by atoms with Gasteiger partial charge in [0.2, 0.25) is 5.91 Å². The highest BCUT2D eigenvalue weighted by atomic mass is 16.5. The molecule has 0 aliphatic carbocycles. The van der Waals surface area contributed by atoms with Gasteiger partial charge in [-0.2, -0.15) is 0 Å². The van der Waals surface area contributed by atoms with Gasteiger partial charge in [-0.05, 0) is 45.0 Å². The number of nitrogens with one attached hydrogen (secondary N) is 2. The molecule has 3 amide bonds. The lowest BCUT2D eigenvalue weighted by atomic mass is 9.93. The number of hydrogen-bond acceptors (Lipinski definition) is 3. The second-order valence-electron chi connectivity index (χ2n) is 7.50. The fraction of sp³-hybridized carbons (Fsp3) is 0.273. The SMILES string of the molecule is C=CCN1C(=O)C(C)(C)COc2cc(NC(=O)Nc3ccc(C)cc3)ccc21. The van der Waals surface area contributed by atoms with E-state index in [1.54, 1.807) is 29.2 Å². The number of amides is 3. The predicted octanol–water partition coefficient (Wildman–Crippen LogP) is 4.58. The van der Waals surface area contributed by atoms with Gasteiger partial charge in [0, 0.05) is 24.0 Å². The summed E-state index contributed by atoms with van der Waals surface area (Å²) in [5.74, 6) is 0.526. The summed E-state index contributed by atoms with van der Waals surface area (Å²) in [7, 11) is 0. The van der Waals surface area contributed by atoms with E-state index in [1.807, 2.05) is 45.0 Å². The number of urea groups is 1. The highest BCUT2D eigenvalue weighted by molar-refractivity contribution is 6.02. The first kappa shape index (κ1) is 19.5. The van der Waals surface area contributed by atoms with Crippen molar-refractivity contribution in [3.8, 4) is 5.75 Å². The molecule has 0 saturated heterocycles. The van der Waals surface area contributed by atoms with Crippen LogP contribution in [0.2, 0.25) is 0 Å². The van der Waals surface area contributed by atoms with E-state index in [1.165, 1.54) is 0 Å². The number of fused-ring (bicyclic) bond motifs is 1. The Bertz CT molecular complexity index is 904. The van der Waals surface area contributed by atoms with Crippen LogP contribution in [0, 0.1) is 12.3 Å². The molecular weight excluding hydrogens is 354 g/mol. The van der Waals surface area contributed by atoms with Gasteiger partial charge in [-0.25, -0.2) is 4.79 Å². The second kappa shape index (κ2) is 7.76. The van der Waals surface area contributed by atoms with Crippen LogP contribution in [-0.4, -0.2) is 25.1 Å². The molecular formula is C22H25N3O3. The molecule has 0 saturated carbocycles. The third kappa shape index (κ3) is 4.17. The Hall–Kier alpha value is -3.28. The molecule has 2 aromatic carbocycles. The van der Waals surface area contributed by atoms with Gasteiger partial charge in [-0.15, -0.1) is 6.58 Å². The van der Waals surface area contributed by atoms with Crippen molar-refractivity contribution in [1.29, 1.82) is 0 Å². The third-order valence-corrected chi connectivity index (χ3v) is 4.54. The molecule has 0 unspecified atom stereocenters. The van der Waals surface area contributed by atoms with E-state index < -0.39 is 5.41 Å². The van der Waals surface area contributed by atoms with Crippen molar-refractivity contribution < 1.29 is 14.3 Å². The van der Waals surface area contributed by atoms with Crippen LogP contribution in [0.4, 0.5) is 21.9 Å². The van der Waals surface area contributed by atoms with E-state index in [2.05, 4.69) is 17.2 Å². The highest BCUT2D eigenvalue weighted by Gasteiger charge is 2.37. The summed E-state index contributed by atoms with van der Waals surface area (Å²) in [6, 6.07) is 12.5. The Labute approximate surface area is 165 Å². The van der Waals surface area contributed by atoms with Crippen LogP contribution in [0.1, 0.15) is 19.4 Å². The van der Waals surface area contributed by atoms with Gasteiger partial charge in [0.05, 0.1) is 11.1 Å². The normalized spacial score (nSPS) is 15.1. The Morgan fingerprint density at radius 3 is 2.50 bits per heavy atom. The largest absolute Gasteiger partial charge is 0.490 e. The number of hydrogen-bond donors (Lipinski definition) is 2. The summed E-state index contributed by atoms with van der Waals surface area (Å²) in [4.78, 5) is 26.8. The average molecular weight is 379 g/mol. The molecule has 3 rings (SSSR count). The third-order valence-electron chi connectivity index (χ3n) is 4.54. The maximum Gasteiger partial charge on any atom is 0.323 e. The summed E-state index contributed by atoms with van der Waals surface area (Å²) in [6.45, 7) is 10.1. The van der Waals surface area contributed by atoms with Crippen LogP contribution in [-0.2, 0) is 4.79 Å². The minimum absolute atomic E-state index is 0.0241. The predicted molar refractivity (Wildman–Crippen MR) is 112 cm³/mol. The van der Waals surface area contributed by atoms with E-state index in [-0.39, 0.29) is 18.5 Å². The van der Waals surface area contributed by atoms with E-state index in [0.717, 1.165) is 5.56 Å². The Balaban J connectivity index is 1.79. The van der Waals surface area contributed by atoms with Gasteiger partial charge in [0.1, 0.15) is 12.4 Å². The maximum atomic E-state index is 12.8. The van der Waals surface area contributed by atoms with Gasteiger partial charge in [0.25, 0.3) is 0 Å². The number of anilines is 3. The second-order valence-corrected chi connectivity index (χ2v) is 7.50. The van der Waals surface area contributed by atoms with Crippen molar-refractivity contribution in [2.45, 2.75) is 20.8 Å². The number of aryl methyl sites for hydroxylation is 1. The molecule has 28 heavy (non-hydrogen) atoms. The summed E-state index contributed by atoms with van der Waals surface area (Å²) in [6.07, 6.45) is 1.68. The van der Waals surface area contributed by atoms with Crippen molar-refractivity contribution in [1.82, 2.24) is 0 Å². The Morgan fingerprint density at radius 2 is 1.82 bits per heavy atom. The number of ether oxygens (including phenoxy) is 1. The molecule has 6 nitrogen and oxygen atoms in total. The van der Waals surface area contributed by atoms with Gasteiger partial charge in [-0.1, -0.05) is 23.8 Å². The fourth-order valence-electron chi connectivity index (χ4n) is 2.97. The highest BCUT2D eigenvalue weighted by Crippen LogP contribution is 2.38. The van der Waals surface area contributed by atoms with Gasteiger partial charge < -0.3 is 20.3 Å². The summed E-state index contributed by atoms with van der Waals surface area (Å²) in [5.41, 5.74) is 2.42. The van der Waals surface area contributed by atoms with Crippen LogP contribution in [0.3, 0.4) is 0 Å². The smallest absolute Gasteiger partial charge is 0.323 e. The molecule has 0 atom stereocenters. The average Bonchev–Trinajstić information content (AvgIpc) is 2.74. The fourth-order valence-corrected chi connectivity index (χ4v) is 2.97. The Kier molecular flexibility index (Phi) is 5.40. The summed E-state index contributed by atoms with van der Waals surface area (Å²) in [5, 5.41) is 5.59. The molecule has 0 aromatic heterocycles. The van der Waals surface area contributed by atoms with E-state index in [4.69, 9.17) is 4.74 Å². The first-order chi connectivity index (χ1) is 13.3. The van der Waals surface area contributed by atoms with Crippen LogP contribution < -0.4 is 20.3 Å². The van der Waals surface area contributed by atoms with Crippen LogP contribution in [0.5, 0.6) is 5.75 Å². The zero-order valence-corrected chi connectivity index (χ0v) is 16.4. The molecule has 1 heterocycles. The van der Waals surface area contributed by atoms with Crippen molar-refractivity contribution in [2.24, 2.45) is 5.41 Å². The van der Waals surface area contributed by atoms with E-state index >= 15 is 0 Å². The number of rotatable bonds is 4. The van der Waals surface area contributed by atoms with Crippen LogP contribution in [0.25, 0.3) is 0 Å². The maximum absolute atomic E-state index is 12.8. The summed E-state index contributed by atoms with van der Waals surface area (Å²) < 4.78 is 5.90. The molecule has 1 aliphatic heterocycles. The zero-order valence-electron chi connectivity index (χ0n) is 16.4. The van der Waals surface area contributed by atoms with Crippen molar-refractivity contribution in [3.05, 3.63) is 60.7 Å². The topological polar surface area (TPSA) is 70.7 Å². The molecule has 146 valence electrons. The zero-order chi connectivity index (χ0) is 20.3. The molecule has 1 aliphatic rings. The van der Waals surface area contributed by atoms with Crippen molar-refractivity contribution in [3.63, 3.8) is 0 Å². The standard InChI is InChI=1S/C22H25N3O3/c1-5-12-25-18-11-10-17(13-19(18)28-14-22(3,4)20(25)26)24-21(27)23-16-8-6-15(2)7-9-16/h5-11,13H,1,12,14H2,2-4H3,(H2,23,24,27). The van der Waals surface area contributed by atoms with Gasteiger partial charge in [-0.3, -0.25) is 4.79 Å². The first-order valence-corrected chi connectivity index (χ1v) is 9.14. The monoisotopic (exact) mass is 379 g/mol. The molecule has 0 spiro atoms. The lowest BCUT2D eigenvalue weighted by Crippen LogP contribution is -2.42. The summed E-state index contributed by atoms with van der Waals surface area (Å²) >= 11 is 0. The minimum Gasteiger partial charge on any atom is -0.490 e. The molecule has 2 N–H and O–H groups in total. The molecule has 0 radical (unpaired) electrons. The van der Waals surface area contributed by atoms with E-state index in [0.29, 0.717) is 29.4 Å². The van der Waals surface area contributed by atoms with Crippen LogP contribution >= 0.6 is 0 Å². The lowest BCUT2D eigenvalue weighted by Gasteiger charge is -2.27. The van der Waals surface area contributed by atoms with Crippen molar-refractivity contribution >= 4 is 29.0 Å². The van der Waals surface area contributed by atoms with Crippen molar-refractivity contribution in [2.75, 3.05) is 28.7 Å². The number of benzene rings is 2. The quantitative estimate of drug-likeness (QED) is 0.764. The Morgan fingerprint density at radius 1 is 1.18 bits per heavy atom. The molecule has 0 bridgehead atoms. The number of carbonyl (C=O) groups is 2. The minimum atomic E-state index is -0.654. The van der Waals surface area contributed by atoms with Crippen LogP contribution in [0.15, 0.2) is 55.1 Å². The lowest BCUT2D eigenvalue weighted by molar-refractivity contribution is -0.127. The number of nitrogens with zero attached hydrogens (tertiary/aromatic N) is 1. The first-order valence-electron chi connectivity index (χ1n) is 9.14. The van der Waals surface area contributed by atoms with Gasteiger partial charge in [0.15, 0.2) is 0 Å². The molecule has 2 aromatic rings. The molecule has 6 heteroatoms.